The predicted molar refractivity (Wildman–Crippen MR) is 36.7 cm³/mol. The van der Waals surface area contributed by atoms with Crippen LogP contribution in [-0.4, -0.2) is 10.6 Å². The van der Waals surface area contributed by atoms with E-state index in [1.165, 1.54) is 6.20 Å². The van der Waals surface area contributed by atoms with E-state index < -0.39 is 4.57 Å². The van der Waals surface area contributed by atoms with Crippen LogP contribution < -0.4 is 16.4 Å². The maximum Gasteiger partial charge on any atom is 0.321 e. The molecule has 0 spiro atoms. The highest BCUT2D eigenvalue weighted by Crippen LogP contribution is 2.08. The van der Waals surface area contributed by atoms with Crippen molar-refractivity contribution in [1.82, 2.24) is 10.6 Å². The van der Waals surface area contributed by atoms with Crippen LogP contribution in [0.15, 0.2) is 12.3 Å². The molecule has 50 valence electrons. The maximum atomic E-state index is 10.5. The summed E-state index contributed by atoms with van der Waals surface area (Å²) in [6, 6.07) is -0.308. The summed E-state index contributed by atoms with van der Waals surface area (Å²) in [6.45, 7) is 0. The molecule has 0 aliphatic carbocycles. The van der Waals surface area contributed by atoms with E-state index in [2.05, 4.69) is 26.6 Å². The van der Waals surface area contributed by atoms with Crippen LogP contribution in [0.3, 0.4) is 0 Å². The third-order valence-electron chi connectivity index (χ3n) is 0.845. The van der Waals surface area contributed by atoms with Crippen molar-refractivity contribution in [1.29, 1.82) is 0 Å². The van der Waals surface area contributed by atoms with E-state index in [1.54, 1.807) is 6.08 Å². The summed E-state index contributed by atoms with van der Waals surface area (Å²) < 4.78 is -0.880. The number of hydrogen-bond acceptors (Lipinski definition) is 2. The van der Waals surface area contributed by atoms with Gasteiger partial charge < -0.3 is 10.6 Å². The fourth-order valence-corrected chi connectivity index (χ4v) is 0.803. The van der Waals surface area contributed by atoms with E-state index in [1.807, 2.05) is 0 Å². The first-order valence-corrected chi connectivity index (χ1v) is 3.14. The molecule has 1 heterocycles. The molecule has 1 rings (SSSR count). The molecular weight excluding hydrogens is 186 g/mol. The van der Waals surface area contributed by atoms with Crippen molar-refractivity contribution in [3.63, 3.8) is 0 Å². The summed E-state index contributed by atoms with van der Waals surface area (Å²) in [5, 5.41) is 4.81. The van der Waals surface area contributed by atoms with Gasteiger partial charge in [-0.3, -0.25) is 5.73 Å². The fraction of sp³-hybridized carbons (Fsp3) is 0.250. The molecule has 0 fully saturated rings. The Kier molecular flexibility index (Phi) is 1.46. The first-order chi connectivity index (χ1) is 4.10. The Bertz CT molecular complexity index is 165. The summed E-state index contributed by atoms with van der Waals surface area (Å²) in [6.07, 6.45) is 3.07. The lowest BCUT2D eigenvalue weighted by Crippen LogP contribution is -2.54. The molecule has 1 aliphatic heterocycles. The Labute approximate surface area is 60.6 Å². The topological polar surface area (TPSA) is 67.1 Å². The largest absolute Gasteiger partial charge is 0.321 e. The summed E-state index contributed by atoms with van der Waals surface area (Å²) in [7, 11) is 0. The van der Waals surface area contributed by atoms with E-state index in [4.69, 9.17) is 5.73 Å². The lowest BCUT2D eigenvalue weighted by Gasteiger charge is -2.23. The van der Waals surface area contributed by atoms with E-state index in [-0.39, 0.29) is 6.03 Å². The Balaban J connectivity index is 2.71. The molecule has 0 saturated carbocycles. The smallest absolute Gasteiger partial charge is 0.315 e. The van der Waals surface area contributed by atoms with Gasteiger partial charge in [-0.05, 0) is 22.0 Å². The van der Waals surface area contributed by atoms with Crippen LogP contribution in [-0.2, 0) is 0 Å². The van der Waals surface area contributed by atoms with Gasteiger partial charge in [-0.2, -0.15) is 0 Å². The molecule has 4 nitrogen and oxygen atoms in total. The zero-order chi connectivity index (χ0) is 6.91. The van der Waals surface area contributed by atoms with Gasteiger partial charge in [-0.15, -0.1) is 0 Å². The van der Waals surface area contributed by atoms with Gasteiger partial charge in [0.1, 0.15) is 0 Å². The molecule has 0 aromatic heterocycles. The zero-order valence-corrected chi connectivity index (χ0v) is 6.10. The highest BCUT2D eigenvalue weighted by Gasteiger charge is 2.21. The van der Waals surface area contributed by atoms with E-state index in [0.717, 1.165) is 0 Å². The van der Waals surface area contributed by atoms with E-state index >= 15 is 0 Å². The van der Waals surface area contributed by atoms with Crippen LogP contribution in [0.25, 0.3) is 0 Å². The average molecular weight is 192 g/mol. The number of alkyl halides is 1. The van der Waals surface area contributed by atoms with Crippen LogP contribution in [0, 0.1) is 0 Å². The second kappa shape index (κ2) is 2.00. The molecule has 4 N–H and O–H groups in total. The van der Waals surface area contributed by atoms with Gasteiger partial charge >= 0.3 is 6.03 Å². The molecule has 5 heteroatoms. The molecule has 0 aromatic rings. The summed E-state index contributed by atoms with van der Waals surface area (Å²) in [5.41, 5.74) is 5.43. The van der Waals surface area contributed by atoms with Crippen molar-refractivity contribution in [2.45, 2.75) is 4.57 Å². The highest BCUT2D eigenvalue weighted by atomic mass is 79.9. The fourth-order valence-electron chi connectivity index (χ4n) is 0.490. The minimum atomic E-state index is -0.880. The van der Waals surface area contributed by atoms with Gasteiger partial charge in [-0.1, -0.05) is 0 Å². The quantitative estimate of drug-likeness (QED) is 0.368. The first kappa shape index (κ1) is 6.57. The first-order valence-electron chi connectivity index (χ1n) is 2.34. The monoisotopic (exact) mass is 191 g/mol. The summed E-state index contributed by atoms with van der Waals surface area (Å²) in [4.78, 5) is 10.5. The Morgan fingerprint density at radius 3 is 2.78 bits per heavy atom. The molecule has 1 atom stereocenters. The van der Waals surface area contributed by atoms with Gasteiger partial charge in [0, 0.05) is 6.20 Å². The van der Waals surface area contributed by atoms with Crippen LogP contribution >= 0.6 is 15.9 Å². The number of carbonyl (C=O) groups excluding carboxylic acids is 1. The second-order valence-corrected chi connectivity index (χ2v) is 3.01. The number of amides is 2. The molecular formula is C4H6BrN3O. The van der Waals surface area contributed by atoms with E-state index in [9.17, 15) is 4.79 Å². The van der Waals surface area contributed by atoms with Crippen LogP contribution in [0.5, 0.6) is 0 Å². The number of urea groups is 1. The molecule has 0 radical (unpaired) electrons. The summed E-state index contributed by atoms with van der Waals surface area (Å²) >= 11 is 3.05. The highest BCUT2D eigenvalue weighted by molar-refractivity contribution is 9.10. The third-order valence-corrected chi connectivity index (χ3v) is 1.31. The lowest BCUT2D eigenvalue weighted by molar-refractivity contribution is 0.239. The van der Waals surface area contributed by atoms with E-state index in [0.29, 0.717) is 0 Å². The van der Waals surface area contributed by atoms with Crippen molar-refractivity contribution in [2.24, 2.45) is 5.73 Å². The van der Waals surface area contributed by atoms with Crippen LogP contribution in [0.2, 0.25) is 0 Å². The number of nitrogens with two attached hydrogens (primary N) is 1. The molecule has 0 aromatic carbocycles. The molecule has 9 heavy (non-hydrogen) atoms. The number of nitrogens with one attached hydrogen (secondary N) is 2. The lowest BCUT2D eigenvalue weighted by atomic mass is 10.4. The standard InChI is InChI=1S/C4H6BrN3O/c5-4(6)1-2-7-3(9)8-4/h1-2H,6H2,(H2,7,8,9). The predicted octanol–water partition coefficient (Wildman–Crippen LogP) is -0.180. The van der Waals surface area contributed by atoms with Crippen molar-refractivity contribution in [2.75, 3.05) is 0 Å². The van der Waals surface area contributed by atoms with Gasteiger partial charge in [0.25, 0.3) is 0 Å². The summed E-state index contributed by atoms with van der Waals surface area (Å²) in [5.74, 6) is 0. The number of halogens is 1. The SMILES string of the molecule is NC1(Br)C=CNC(=O)N1. The van der Waals surface area contributed by atoms with Gasteiger partial charge in [-0.25, -0.2) is 4.79 Å². The molecule has 1 aliphatic rings. The number of carbonyl (C=O) groups is 1. The van der Waals surface area contributed by atoms with Crippen molar-refractivity contribution < 1.29 is 4.79 Å². The van der Waals surface area contributed by atoms with Crippen LogP contribution in [0.1, 0.15) is 0 Å². The molecule has 2 amide bonds. The average Bonchev–Trinajstić information content (AvgIpc) is 1.60. The minimum Gasteiger partial charge on any atom is -0.315 e. The number of rotatable bonds is 0. The third kappa shape index (κ3) is 1.69. The Morgan fingerprint density at radius 1 is 1.78 bits per heavy atom. The van der Waals surface area contributed by atoms with Gasteiger partial charge in [0.05, 0.1) is 0 Å². The van der Waals surface area contributed by atoms with Gasteiger partial charge in [0.2, 0.25) is 0 Å². The normalized spacial score (nSPS) is 33.3. The van der Waals surface area contributed by atoms with Crippen molar-refractivity contribution >= 4 is 22.0 Å². The van der Waals surface area contributed by atoms with Crippen molar-refractivity contribution in [3.8, 4) is 0 Å². The Morgan fingerprint density at radius 2 is 2.44 bits per heavy atom. The molecule has 1 unspecified atom stereocenters. The van der Waals surface area contributed by atoms with Crippen LogP contribution in [0.4, 0.5) is 4.79 Å². The molecule has 0 saturated heterocycles. The maximum absolute atomic E-state index is 10.5. The van der Waals surface area contributed by atoms with Gasteiger partial charge in [0.15, 0.2) is 4.57 Å². The number of hydrogen-bond donors (Lipinski definition) is 3. The Hall–Kier alpha value is -0.550. The minimum absolute atomic E-state index is 0.308. The molecule has 0 bridgehead atoms. The van der Waals surface area contributed by atoms with Crippen molar-refractivity contribution in [3.05, 3.63) is 12.3 Å². The second-order valence-electron chi connectivity index (χ2n) is 1.70. The zero-order valence-electron chi connectivity index (χ0n) is 4.52.